The molecule has 0 bridgehead atoms. The van der Waals surface area contributed by atoms with Crippen LogP contribution in [-0.4, -0.2) is 7.11 Å². The van der Waals surface area contributed by atoms with E-state index < -0.39 is 0 Å². The van der Waals surface area contributed by atoms with Gasteiger partial charge in [-0.1, -0.05) is 36.4 Å². The van der Waals surface area contributed by atoms with Crippen molar-refractivity contribution in [3.8, 4) is 5.75 Å². The molecule has 0 radical (unpaired) electrons. The molecule has 1 heterocycles. The molecule has 0 aliphatic heterocycles. The van der Waals surface area contributed by atoms with Gasteiger partial charge in [-0.15, -0.1) is 0 Å². The molecule has 3 aromatic rings. The molecule has 3 heteroatoms. The summed E-state index contributed by atoms with van der Waals surface area (Å²) in [6, 6.07) is 17.9. The van der Waals surface area contributed by atoms with Crippen LogP contribution in [0, 0.1) is 0 Å². The first-order chi connectivity index (χ1) is 9.86. The van der Waals surface area contributed by atoms with E-state index in [9.17, 15) is 0 Å². The molecule has 0 N–H and O–H groups in total. The number of benzene rings is 2. The van der Waals surface area contributed by atoms with Gasteiger partial charge in [0.25, 0.3) is 0 Å². The van der Waals surface area contributed by atoms with Gasteiger partial charge in [0, 0.05) is 7.11 Å². The number of rotatable bonds is 5. The lowest BCUT2D eigenvalue weighted by Crippen LogP contribution is -1.94. The Hall–Kier alpha value is -2.26. The van der Waals surface area contributed by atoms with E-state index in [2.05, 4.69) is 0 Å². The summed E-state index contributed by atoms with van der Waals surface area (Å²) in [4.78, 5) is 0. The van der Waals surface area contributed by atoms with Crippen molar-refractivity contribution in [3.63, 3.8) is 0 Å². The van der Waals surface area contributed by atoms with Crippen LogP contribution in [0.15, 0.2) is 59.0 Å². The molecule has 0 saturated carbocycles. The van der Waals surface area contributed by atoms with Gasteiger partial charge >= 0.3 is 0 Å². The van der Waals surface area contributed by atoms with Crippen LogP contribution < -0.4 is 4.74 Å². The number of hydrogen-bond acceptors (Lipinski definition) is 3. The molecule has 0 fully saturated rings. The molecule has 0 aliphatic rings. The van der Waals surface area contributed by atoms with E-state index in [1.165, 1.54) is 0 Å². The lowest BCUT2D eigenvalue weighted by atomic mass is 10.2. The average Bonchev–Trinajstić information content (AvgIpc) is 2.89. The SMILES string of the molecule is COCc1cc2c(OCc3ccccc3)cccc2o1. The largest absolute Gasteiger partial charge is 0.488 e. The Labute approximate surface area is 117 Å². The first kappa shape index (κ1) is 12.8. The van der Waals surface area contributed by atoms with E-state index in [1.54, 1.807) is 7.11 Å². The lowest BCUT2D eigenvalue weighted by Gasteiger charge is -2.06. The fourth-order valence-electron chi connectivity index (χ4n) is 2.16. The summed E-state index contributed by atoms with van der Waals surface area (Å²) in [5.41, 5.74) is 1.97. The Kier molecular flexibility index (Phi) is 3.70. The van der Waals surface area contributed by atoms with Gasteiger partial charge < -0.3 is 13.9 Å². The molecular formula is C17H16O3. The summed E-state index contributed by atoms with van der Waals surface area (Å²) in [6.07, 6.45) is 0. The van der Waals surface area contributed by atoms with E-state index in [-0.39, 0.29) is 0 Å². The third-order valence-electron chi connectivity index (χ3n) is 3.10. The summed E-state index contributed by atoms with van der Waals surface area (Å²) in [5.74, 6) is 1.63. The molecule has 0 aliphatic carbocycles. The van der Waals surface area contributed by atoms with Crippen LogP contribution >= 0.6 is 0 Å². The number of hydrogen-bond donors (Lipinski definition) is 0. The van der Waals surface area contributed by atoms with Crippen molar-refractivity contribution in [1.29, 1.82) is 0 Å². The van der Waals surface area contributed by atoms with Gasteiger partial charge in [0.1, 0.15) is 30.3 Å². The molecule has 0 unspecified atom stereocenters. The summed E-state index contributed by atoms with van der Waals surface area (Å²) in [7, 11) is 1.65. The lowest BCUT2D eigenvalue weighted by molar-refractivity contribution is 0.166. The Morgan fingerprint density at radius 2 is 1.80 bits per heavy atom. The topological polar surface area (TPSA) is 31.6 Å². The summed E-state index contributed by atoms with van der Waals surface area (Å²) in [5, 5.41) is 0.982. The fraction of sp³-hybridized carbons (Fsp3) is 0.176. The predicted octanol–water partition coefficient (Wildman–Crippen LogP) is 4.16. The van der Waals surface area contributed by atoms with Gasteiger partial charge in [-0.25, -0.2) is 0 Å². The molecule has 3 rings (SSSR count). The quantitative estimate of drug-likeness (QED) is 0.696. The smallest absolute Gasteiger partial charge is 0.138 e. The Morgan fingerprint density at radius 3 is 2.60 bits per heavy atom. The van der Waals surface area contributed by atoms with Crippen molar-refractivity contribution in [2.45, 2.75) is 13.2 Å². The zero-order valence-electron chi connectivity index (χ0n) is 11.3. The van der Waals surface area contributed by atoms with Crippen LogP contribution in [-0.2, 0) is 18.0 Å². The van der Waals surface area contributed by atoms with E-state index in [4.69, 9.17) is 13.9 Å². The number of ether oxygens (including phenoxy) is 2. The molecule has 0 atom stereocenters. The molecule has 20 heavy (non-hydrogen) atoms. The molecular weight excluding hydrogens is 252 g/mol. The molecule has 0 amide bonds. The van der Waals surface area contributed by atoms with Crippen LogP contribution in [0.4, 0.5) is 0 Å². The number of fused-ring (bicyclic) bond motifs is 1. The van der Waals surface area contributed by atoms with Gasteiger partial charge in [0.15, 0.2) is 0 Å². The van der Waals surface area contributed by atoms with Crippen LogP contribution in [0.25, 0.3) is 11.0 Å². The van der Waals surface area contributed by atoms with Crippen molar-refractivity contribution < 1.29 is 13.9 Å². The monoisotopic (exact) mass is 268 g/mol. The maximum Gasteiger partial charge on any atom is 0.138 e. The van der Waals surface area contributed by atoms with Crippen molar-refractivity contribution in [1.82, 2.24) is 0 Å². The molecule has 2 aromatic carbocycles. The predicted molar refractivity (Wildman–Crippen MR) is 77.7 cm³/mol. The van der Waals surface area contributed by atoms with Gasteiger partial charge in [-0.2, -0.15) is 0 Å². The normalized spacial score (nSPS) is 10.8. The highest BCUT2D eigenvalue weighted by molar-refractivity contribution is 5.84. The second-order valence-electron chi connectivity index (χ2n) is 4.59. The minimum Gasteiger partial charge on any atom is -0.488 e. The fourth-order valence-corrected chi connectivity index (χ4v) is 2.16. The zero-order valence-corrected chi connectivity index (χ0v) is 11.3. The third-order valence-corrected chi connectivity index (χ3v) is 3.10. The van der Waals surface area contributed by atoms with Crippen molar-refractivity contribution in [2.75, 3.05) is 7.11 Å². The Balaban J connectivity index is 1.83. The summed E-state index contributed by atoms with van der Waals surface area (Å²) in [6.45, 7) is 1.01. The highest BCUT2D eigenvalue weighted by Crippen LogP contribution is 2.29. The summed E-state index contributed by atoms with van der Waals surface area (Å²) < 4.78 is 16.7. The van der Waals surface area contributed by atoms with Gasteiger partial charge in [-0.3, -0.25) is 0 Å². The third kappa shape index (κ3) is 2.68. The zero-order chi connectivity index (χ0) is 13.8. The van der Waals surface area contributed by atoms with E-state index in [0.29, 0.717) is 13.2 Å². The second-order valence-corrected chi connectivity index (χ2v) is 4.59. The van der Waals surface area contributed by atoms with Crippen molar-refractivity contribution >= 4 is 11.0 Å². The maximum absolute atomic E-state index is 5.90. The van der Waals surface area contributed by atoms with Gasteiger partial charge in [-0.05, 0) is 23.8 Å². The minimum atomic E-state index is 0.465. The summed E-state index contributed by atoms with van der Waals surface area (Å²) >= 11 is 0. The van der Waals surface area contributed by atoms with Crippen molar-refractivity contribution in [3.05, 3.63) is 65.9 Å². The first-order valence-electron chi connectivity index (χ1n) is 6.54. The molecule has 3 nitrogen and oxygen atoms in total. The van der Waals surface area contributed by atoms with Crippen LogP contribution in [0.3, 0.4) is 0 Å². The Bertz CT molecular complexity index is 686. The first-order valence-corrected chi connectivity index (χ1v) is 6.54. The van der Waals surface area contributed by atoms with E-state index in [0.717, 1.165) is 28.0 Å². The molecule has 102 valence electrons. The van der Waals surface area contributed by atoms with E-state index >= 15 is 0 Å². The highest BCUT2D eigenvalue weighted by Gasteiger charge is 2.08. The highest BCUT2D eigenvalue weighted by atomic mass is 16.5. The van der Waals surface area contributed by atoms with Crippen LogP contribution in [0.5, 0.6) is 5.75 Å². The Morgan fingerprint density at radius 1 is 0.950 bits per heavy atom. The van der Waals surface area contributed by atoms with Gasteiger partial charge in [0.05, 0.1) is 5.39 Å². The average molecular weight is 268 g/mol. The molecule has 0 spiro atoms. The number of furan rings is 1. The van der Waals surface area contributed by atoms with Gasteiger partial charge in [0.2, 0.25) is 0 Å². The maximum atomic E-state index is 5.90. The standard InChI is InChI=1S/C17H16O3/c1-18-12-14-10-15-16(8-5-9-17(15)20-14)19-11-13-6-3-2-4-7-13/h2-10H,11-12H2,1H3. The second kappa shape index (κ2) is 5.80. The molecule has 0 saturated heterocycles. The van der Waals surface area contributed by atoms with Crippen LogP contribution in [0.2, 0.25) is 0 Å². The van der Waals surface area contributed by atoms with Crippen molar-refractivity contribution in [2.24, 2.45) is 0 Å². The number of methoxy groups -OCH3 is 1. The minimum absolute atomic E-state index is 0.465. The van der Waals surface area contributed by atoms with E-state index in [1.807, 2.05) is 54.6 Å². The molecule has 1 aromatic heterocycles. The van der Waals surface area contributed by atoms with Crippen LogP contribution in [0.1, 0.15) is 11.3 Å².